The maximum atomic E-state index is 14.9. The average molecular weight is 602 g/mol. The molecule has 0 fully saturated rings. The van der Waals surface area contributed by atoms with Gasteiger partial charge in [0, 0.05) is 6.20 Å². The van der Waals surface area contributed by atoms with Gasteiger partial charge in [-0.15, -0.1) is 0 Å². The standard InChI is InChI=1S/C25H26FIN7O2/c1-14(2)19-12-33(13-28-19)20-11-16(17(26)10-15(20)3)25(35)30-22-7-5-6-18(29-22)24-32-31-23-9-8-21(27-36-4)34(23)24/h5-7,10-14,21H,8-9H2,1-4H3,(H,29,30,35)/q-1/t21-/m1/s1. The van der Waals surface area contributed by atoms with Crippen LogP contribution in [0.15, 0.2) is 42.9 Å². The van der Waals surface area contributed by atoms with Gasteiger partial charge in [-0.3, -0.25) is 0 Å². The topological polar surface area (TPSA) is 99.8 Å². The van der Waals surface area contributed by atoms with Crippen LogP contribution in [0.25, 0.3) is 17.2 Å². The number of fused-ring (bicyclic) bond motifs is 1. The Morgan fingerprint density at radius 1 is 1.28 bits per heavy atom. The molecule has 0 radical (unpaired) electrons. The van der Waals surface area contributed by atoms with Crippen LogP contribution in [0, 0.1) is 12.7 Å². The number of carbonyl (C=O) groups is 1. The Labute approximate surface area is 218 Å². The molecule has 1 aromatic carbocycles. The van der Waals surface area contributed by atoms with E-state index in [1.54, 1.807) is 38.6 Å². The number of benzene rings is 1. The Kier molecular flexibility index (Phi) is 6.84. The number of nitrogens with zero attached hydrogens (tertiary/aromatic N) is 6. The number of amides is 1. The number of nitrogens with one attached hydrogen (secondary N) is 1. The van der Waals surface area contributed by atoms with Crippen LogP contribution in [0.2, 0.25) is 0 Å². The summed E-state index contributed by atoms with van der Waals surface area (Å²) in [5.74, 6) is 0.929. The van der Waals surface area contributed by atoms with Crippen LogP contribution in [0.1, 0.15) is 57.7 Å². The monoisotopic (exact) mass is 602 g/mol. The van der Waals surface area contributed by atoms with Gasteiger partial charge in [0.1, 0.15) is 0 Å². The van der Waals surface area contributed by atoms with E-state index in [0.29, 0.717) is 28.6 Å². The van der Waals surface area contributed by atoms with Gasteiger partial charge in [0.2, 0.25) is 0 Å². The normalized spacial score (nSPS) is 15.0. The zero-order valence-electron chi connectivity index (χ0n) is 20.4. The maximum absolute atomic E-state index is 14.9. The summed E-state index contributed by atoms with van der Waals surface area (Å²) >= 11 is -0.495. The van der Waals surface area contributed by atoms with Gasteiger partial charge in [-0.25, -0.2) is 4.98 Å². The first kappa shape index (κ1) is 24.5. The first-order valence-electron chi connectivity index (χ1n) is 11.6. The minimum atomic E-state index is -0.601. The molecular weight excluding hydrogens is 576 g/mol. The van der Waals surface area contributed by atoms with Crippen LogP contribution in [-0.2, 0) is 9.49 Å². The van der Waals surface area contributed by atoms with Gasteiger partial charge >= 0.3 is 170 Å². The average Bonchev–Trinajstić information content (AvgIpc) is 3.57. The van der Waals surface area contributed by atoms with Crippen molar-refractivity contribution in [2.75, 3.05) is 12.4 Å². The molecule has 1 N–H and O–H groups in total. The van der Waals surface area contributed by atoms with E-state index in [2.05, 4.69) is 43.9 Å². The molecule has 4 heterocycles. The summed E-state index contributed by atoms with van der Waals surface area (Å²) in [6, 6.07) is 8.18. The van der Waals surface area contributed by atoms with Crippen LogP contribution in [0.4, 0.5) is 10.2 Å². The van der Waals surface area contributed by atoms with Crippen LogP contribution >= 0.6 is 0 Å². The van der Waals surface area contributed by atoms with Crippen molar-refractivity contribution in [2.24, 2.45) is 0 Å². The number of alkyl halides is 1. The van der Waals surface area contributed by atoms with Crippen molar-refractivity contribution in [1.29, 1.82) is 0 Å². The molecular formula is C25H26FIN7O2-. The van der Waals surface area contributed by atoms with E-state index < -0.39 is 33.3 Å². The van der Waals surface area contributed by atoms with Crippen molar-refractivity contribution in [3.05, 3.63) is 71.3 Å². The molecule has 9 nitrogen and oxygen atoms in total. The number of aromatic nitrogens is 6. The fourth-order valence-corrected chi connectivity index (χ4v) is 6.19. The van der Waals surface area contributed by atoms with E-state index in [1.807, 2.05) is 16.8 Å². The number of imidazole rings is 1. The molecule has 0 aliphatic carbocycles. The number of aryl methyl sites for hydroxylation is 2. The Balaban J connectivity index is 1.42. The van der Waals surface area contributed by atoms with Crippen molar-refractivity contribution < 1.29 is 33.9 Å². The van der Waals surface area contributed by atoms with E-state index in [1.165, 1.54) is 6.07 Å². The van der Waals surface area contributed by atoms with E-state index in [-0.39, 0.29) is 15.5 Å². The molecule has 0 bridgehead atoms. The number of hydrogen-bond acceptors (Lipinski definition) is 6. The summed E-state index contributed by atoms with van der Waals surface area (Å²) in [6.45, 7) is 5.91. The number of pyridine rings is 1. The van der Waals surface area contributed by atoms with Gasteiger partial charge < -0.3 is 0 Å². The first-order chi connectivity index (χ1) is 17.4. The van der Waals surface area contributed by atoms with Crippen LogP contribution in [0.3, 0.4) is 0 Å². The van der Waals surface area contributed by atoms with E-state index in [4.69, 9.17) is 3.07 Å². The van der Waals surface area contributed by atoms with Gasteiger partial charge in [-0.2, -0.15) is 0 Å². The summed E-state index contributed by atoms with van der Waals surface area (Å²) in [4.78, 5) is 22.1. The number of anilines is 1. The number of halogens is 2. The van der Waals surface area contributed by atoms with Crippen molar-refractivity contribution in [2.45, 2.75) is 43.6 Å². The molecule has 36 heavy (non-hydrogen) atoms. The molecule has 1 aliphatic rings. The Morgan fingerprint density at radius 2 is 2.11 bits per heavy atom. The number of carbonyl (C=O) groups excluding carboxylic acids is 1. The van der Waals surface area contributed by atoms with Crippen LogP contribution < -0.4 is 26.9 Å². The summed E-state index contributed by atoms with van der Waals surface area (Å²) < 4.78 is 24.5. The second-order valence-electron chi connectivity index (χ2n) is 8.87. The van der Waals surface area contributed by atoms with Crippen LogP contribution in [-0.4, -0.2) is 42.3 Å². The Hall–Kier alpha value is -3.19. The molecule has 1 atom stereocenters. The second kappa shape index (κ2) is 10.1. The quantitative estimate of drug-likeness (QED) is 0.254. The molecule has 1 amide bonds. The first-order valence-corrected chi connectivity index (χ1v) is 13.7. The minimum absolute atomic E-state index is 0.0733. The molecule has 4 aromatic rings. The van der Waals surface area contributed by atoms with Crippen molar-refractivity contribution in [1.82, 2.24) is 29.3 Å². The number of hydrogen-bond donors (Lipinski definition) is 1. The molecule has 0 spiro atoms. The van der Waals surface area contributed by atoms with Crippen molar-refractivity contribution >= 4 is 11.7 Å². The van der Waals surface area contributed by atoms with Crippen molar-refractivity contribution in [3.63, 3.8) is 0 Å². The second-order valence-corrected chi connectivity index (χ2v) is 11.7. The Morgan fingerprint density at radius 3 is 2.86 bits per heavy atom. The summed E-state index contributed by atoms with van der Waals surface area (Å²) in [7, 11) is 1.72. The third-order valence-electron chi connectivity index (χ3n) is 6.07. The molecule has 11 heteroatoms. The van der Waals surface area contributed by atoms with E-state index in [9.17, 15) is 9.18 Å². The molecule has 3 aromatic heterocycles. The van der Waals surface area contributed by atoms with E-state index >= 15 is 0 Å². The molecule has 0 saturated carbocycles. The molecule has 5 rings (SSSR count). The fraction of sp³-hybridized carbons (Fsp3) is 0.320. The third-order valence-corrected chi connectivity index (χ3v) is 8.34. The fourth-order valence-electron chi connectivity index (χ4n) is 4.22. The van der Waals surface area contributed by atoms with Crippen LogP contribution in [0.5, 0.6) is 0 Å². The SMILES string of the molecule is CO[I-][C@H]1CCc2nnc(-c3cccc(NC(=O)c4cc(-n5cnc(C(C)C)c5)c(C)cc4F)n3)n21. The summed E-state index contributed by atoms with van der Waals surface area (Å²) in [6.07, 6.45) is 5.40. The molecule has 1 aliphatic heterocycles. The van der Waals surface area contributed by atoms with Gasteiger partial charge in [0.25, 0.3) is 0 Å². The predicted octanol–water partition coefficient (Wildman–Crippen LogP) is 1.44. The predicted molar refractivity (Wildman–Crippen MR) is 128 cm³/mol. The summed E-state index contributed by atoms with van der Waals surface area (Å²) in [5.41, 5.74) is 2.82. The third kappa shape index (κ3) is 4.64. The Bertz CT molecular complexity index is 1430. The summed E-state index contributed by atoms with van der Waals surface area (Å²) in [5, 5.41) is 11.4. The van der Waals surface area contributed by atoms with Gasteiger partial charge in [0.05, 0.1) is 12.0 Å². The molecule has 0 unspecified atom stereocenters. The molecule has 0 saturated heterocycles. The zero-order chi connectivity index (χ0) is 25.4. The van der Waals surface area contributed by atoms with Crippen molar-refractivity contribution in [3.8, 4) is 17.2 Å². The van der Waals surface area contributed by atoms with Gasteiger partial charge in [-0.05, 0) is 12.8 Å². The molecule has 188 valence electrons. The van der Waals surface area contributed by atoms with E-state index in [0.717, 1.165) is 24.4 Å². The van der Waals surface area contributed by atoms with Gasteiger partial charge in [-0.1, -0.05) is 13.8 Å². The number of rotatable bonds is 7. The zero-order valence-corrected chi connectivity index (χ0v) is 22.5. The van der Waals surface area contributed by atoms with Gasteiger partial charge in [0.15, 0.2) is 0 Å².